The van der Waals surface area contributed by atoms with Gasteiger partial charge >= 0.3 is 5.97 Å². The fourth-order valence-corrected chi connectivity index (χ4v) is 4.09. The number of aromatic nitrogens is 1. The van der Waals surface area contributed by atoms with Crippen molar-refractivity contribution in [2.45, 2.75) is 25.7 Å². The van der Waals surface area contributed by atoms with E-state index in [1.54, 1.807) is 6.20 Å². The lowest BCUT2D eigenvalue weighted by molar-refractivity contribution is -0.152. The van der Waals surface area contributed by atoms with Gasteiger partial charge in [0.25, 0.3) is 0 Å². The van der Waals surface area contributed by atoms with Gasteiger partial charge in [0.1, 0.15) is 6.54 Å². The van der Waals surface area contributed by atoms with Crippen LogP contribution in [0.4, 0.5) is 0 Å². The van der Waals surface area contributed by atoms with Crippen LogP contribution in [0.15, 0.2) is 30.5 Å². The van der Waals surface area contributed by atoms with Gasteiger partial charge in [-0.2, -0.15) is 0 Å². The highest BCUT2D eigenvalue weighted by Gasteiger charge is 2.48. The van der Waals surface area contributed by atoms with Crippen molar-refractivity contribution in [3.8, 4) is 0 Å². The number of fused-ring (bicyclic) bond motifs is 2. The van der Waals surface area contributed by atoms with Gasteiger partial charge in [-0.25, -0.2) is 0 Å². The van der Waals surface area contributed by atoms with Gasteiger partial charge in [0.2, 0.25) is 17.6 Å². The Morgan fingerprint density at radius 1 is 1.07 bits per heavy atom. The molecule has 1 aromatic carbocycles. The van der Waals surface area contributed by atoms with E-state index >= 15 is 0 Å². The molecule has 1 saturated heterocycles. The SMILES string of the molecule is O=C(CN1C(=O)C2CCCCC2C1=O)OCC(=O)c1c[nH]c2ccccc12. The van der Waals surface area contributed by atoms with Crippen molar-refractivity contribution in [2.24, 2.45) is 11.8 Å². The number of hydrogen-bond donors (Lipinski definition) is 1. The molecule has 0 radical (unpaired) electrons. The quantitative estimate of drug-likeness (QED) is 0.495. The molecule has 4 rings (SSSR count). The van der Waals surface area contributed by atoms with Crippen molar-refractivity contribution in [3.05, 3.63) is 36.0 Å². The Morgan fingerprint density at radius 3 is 2.44 bits per heavy atom. The zero-order valence-corrected chi connectivity index (χ0v) is 14.8. The number of hydrogen-bond acceptors (Lipinski definition) is 5. The Bertz CT molecular complexity index is 907. The lowest BCUT2D eigenvalue weighted by Gasteiger charge is -2.19. The number of carbonyl (C=O) groups excluding carboxylic acids is 4. The Kier molecular flexibility index (Phi) is 4.51. The molecule has 2 amide bonds. The molecule has 2 unspecified atom stereocenters. The first kappa shape index (κ1) is 17.5. The van der Waals surface area contributed by atoms with Crippen molar-refractivity contribution in [1.82, 2.24) is 9.88 Å². The molecule has 7 heteroatoms. The van der Waals surface area contributed by atoms with E-state index in [0.717, 1.165) is 28.6 Å². The van der Waals surface area contributed by atoms with Crippen molar-refractivity contribution < 1.29 is 23.9 Å². The van der Waals surface area contributed by atoms with Crippen molar-refractivity contribution in [3.63, 3.8) is 0 Å². The summed E-state index contributed by atoms with van der Waals surface area (Å²) in [7, 11) is 0. The van der Waals surface area contributed by atoms with E-state index in [0.29, 0.717) is 18.4 Å². The van der Waals surface area contributed by atoms with Gasteiger partial charge in [0.05, 0.1) is 11.8 Å². The summed E-state index contributed by atoms with van der Waals surface area (Å²) in [6.07, 6.45) is 4.83. The van der Waals surface area contributed by atoms with Gasteiger partial charge in [-0.15, -0.1) is 0 Å². The smallest absolute Gasteiger partial charge is 0.326 e. The summed E-state index contributed by atoms with van der Waals surface area (Å²) in [6.45, 7) is -0.852. The van der Waals surface area contributed by atoms with Gasteiger partial charge in [-0.05, 0) is 18.9 Å². The minimum Gasteiger partial charge on any atom is -0.456 e. The number of amides is 2. The third-order valence-electron chi connectivity index (χ3n) is 5.47. The van der Waals surface area contributed by atoms with Crippen LogP contribution < -0.4 is 0 Å². The van der Waals surface area contributed by atoms with Gasteiger partial charge in [-0.1, -0.05) is 31.0 Å². The topological polar surface area (TPSA) is 96.5 Å². The second kappa shape index (κ2) is 6.98. The maximum atomic E-state index is 12.4. The van der Waals surface area contributed by atoms with Crippen molar-refractivity contribution in [2.75, 3.05) is 13.2 Å². The zero-order valence-electron chi connectivity index (χ0n) is 14.8. The minimum absolute atomic E-state index is 0.287. The summed E-state index contributed by atoms with van der Waals surface area (Å²) in [5.41, 5.74) is 1.26. The molecular weight excluding hydrogens is 348 g/mol. The number of imide groups is 1. The second-order valence-electron chi connectivity index (χ2n) is 7.09. The average Bonchev–Trinajstić information content (AvgIpc) is 3.22. The highest BCUT2D eigenvalue weighted by atomic mass is 16.5. The normalized spacial score (nSPS) is 22.1. The third kappa shape index (κ3) is 3.13. The first-order chi connectivity index (χ1) is 13.1. The molecule has 7 nitrogen and oxygen atoms in total. The summed E-state index contributed by atoms with van der Waals surface area (Å²) in [6, 6.07) is 7.34. The molecule has 0 spiro atoms. The van der Waals surface area contributed by atoms with Crippen LogP contribution in [-0.4, -0.2) is 46.6 Å². The summed E-state index contributed by atoms with van der Waals surface area (Å²) in [4.78, 5) is 53.2. The maximum Gasteiger partial charge on any atom is 0.326 e. The number of ketones is 1. The maximum absolute atomic E-state index is 12.4. The number of nitrogens with one attached hydrogen (secondary N) is 1. The molecule has 2 aliphatic rings. The van der Waals surface area contributed by atoms with E-state index in [4.69, 9.17) is 4.74 Å². The van der Waals surface area contributed by atoms with Gasteiger partial charge in [0, 0.05) is 22.7 Å². The molecule has 2 aromatic rings. The first-order valence-corrected chi connectivity index (χ1v) is 9.16. The number of ether oxygens (including phenoxy) is 1. The van der Waals surface area contributed by atoms with E-state index in [2.05, 4.69) is 4.98 Å². The van der Waals surface area contributed by atoms with Crippen LogP contribution in [0.25, 0.3) is 10.9 Å². The second-order valence-corrected chi connectivity index (χ2v) is 7.09. The van der Waals surface area contributed by atoms with Crippen LogP contribution in [0.3, 0.4) is 0 Å². The number of rotatable bonds is 5. The third-order valence-corrected chi connectivity index (χ3v) is 5.47. The Morgan fingerprint density at radius 2 is 1.74 bits per heavy atom. The summed E-state index contributed by atoms with van der Waals surface area (Å²) >= 11 is 0. The molecule has 2 heterocycles. The molecule has 1 aliphatic heterocycles. The number of para-hydroxylation sites is 1. The minimum atomic E-state index is -0.747. The lowest BCUT2D eigenvalue weighted by Crippen LogP contribution is -2.37. The molecular formula is C20H20N2O5. The monoisotopic (exact) mass is 368 g/mol. The molecule has 2 atom stereocenters. The lowest BCUT2D eigenvalue weighted by atomic mass is 9.81. The van der Waals surface area contributed by atoms with Crippen LogP contribution in [0.5, 0.6) is 0 Å². The van der Waals surface area contributed by atoms with Crippen molar-refractivity contribution >= 4 is 34.5 Å². The standard InChI is InChI=1S/C20H20N2O5/c23-17(15-9-21-16-8-4-3-5-12(15)16)11-27-18(24)10-22-19(25)13-6-1-2-7-14(13)20(22)26/h3-5,8-9,13-14,21H,1-2,6-7,10-11H2. The Balaban J connectivity index is 1.36. The average molecular weight is 368 g/mol. The largest absolute Gasteiger partial charge is 0.456 e. The molecule has 1 aliphatic carbocycles. The molecule has 27 heavy (non-hydrogen) atoms. The van der Waals surface area contributed by atoms with E-state index in [9.17, 15) is 19.2 Å². The first-order valence-electron chi connectivity index (χ1n) is 9.16. The number of likely N-dealkylation sites (tertiary alicyclic amines) is 1. The van der Waals surface area contributed by atoms with Crippen LogP contribution >= 0.6 is 0 Å². The molecule has 2 fully saturated rings. The van der Waals surface area contributed by atoms with Crippen LogP contribution in [0, 0.1) is 11.8 Å². The van der Waals surface area contributed by atoms with E-state index in [1.165, 1.54) is 0 Å². The number of Topliss-reactive ketones (excluding diaryl/α,β-unsaturated/α-hetero) is 1. The number of aromatic amines is 1. The Hall–Kier alpha value is -2.96. The molecule has 140 valence electrons. The van der Waals surface area contributed by atoms with E-state index in [1.807, 2.05) is 24.3 Å². The number of carbonyl (C=O) groups is 4. The van der Waals surface area contributed by atoms with Crippen LogP contribution in [0.1, 0.15) is 36.0 Å². The number of nitrogens with zero attached hydrogens (tertiary/aromatic N) is 1. The molecule has 0 bridgehead atoms. The number of H-pyrrole nitrogens is 1. The van der Waals surface area contributed by atoms with Crippen LogP contribution in [-0.2, 0) is 19.1 Å². The van der Waals surface area contributed by atoms with E-state index < -0.39 is 19.1 Å². The van der Waals surface area contributed by atoms with Gasteiger partial charge in [-0.3, -0.25) is 24.1 Å². The van der Waals surface area contributed by atoms with Crippen molar-refractivity contribution in [1.29, 1.82) is 0 Å². The van der Waals surface area contributed by atoms with Gasteiger partial charge in [0.15, 0.2) is 6.61 Å². The predicted molar refractivity (Wildman–Crippen MR) is 95.8 cm³/mol. The molecule has 1 saturated carbocycles. The predicted octanol–water partition coefficient (Wildman–Crippen LogP) is 2.07. The summed E-state index contributed by atoms with van der Waals surface area (Å²) in [5.74, 6) is -2.26. The highest BCUT2D eigenvalue weighted by Crippen LogP contribution is 2.37. The van der Waals surface area contributed by atoms with E-state index in [-0.39, 0.29) is 29.4 Å². The summed E-state index contributed by atoms with van der Waals surface area (Å²) < 4.78 is 5.04. The molecule has 1 aromatic heterocycles. The zero-order chi connectivity index (χ0) is 19.0. The number of esters is 1. The summed E-state index contributed by atoms with van der Waals surface area (Å²) in [5, 5.41) is 0.757. The fraction of sp³-hybridized carbons (Fsp3) is 0.400. The highest BCUT2D eigenvalue weighted by molar-refractivity contribution is 6.09. The number of benzene rings is 1. The van der Waals surface area contributed by atoms with Crippen LogP contribution in [0.2, 0.25) is 0 Å². The molecule has 1 N–H and O–H groups in total. The Labute approximate surface area is 155 Å². The fourth-order valence-electron chi connectivity index (χ4n) is 4.09. The van der Waals surface area contributed by atoms with Gasteiger partial charge < -0.3 is 9.72 Å².